The van der Waals surface area contributed by atoms with Crippen molar-refractivity contribution >= 4 is 12.6 Å². The standard InChI is InChI=1S/C14H19N3S/c1-12(18)17-8-6-16(7-9-17)11-14-5-3-2-4-13(14)10-15/h2-5,12,18H,6-9,11H2,1H3. The molecule has 18 heavy (non-hydrogen) atoms. The van der Waals surface area contributed by atoms with Crippen LogP contribution in [-0.2, 0) is 6.54 Å². The predicted octanol–water partition coefficient (Wildman–Crippen LogP) is 1.95. The molecule has 0 bridgehead atoms. The minimum Gasteiger partial charge on any atom is -0.296 e. The molecule has 0 amide bonds. The number of benzene rings is 1. The van der Waals surface area contributed by atoms with E-state index in [1.54, 1.807) is 0 Å². The van der Waals surface area contributed by atoms with Gasteiger partial charge in [0.2, 0.25) is 0 Å². The maximum atomic E-state index is 9.08. The first-order valence-electron chi connectivity index (χ1n) is 6.33. The third-order valence-corrected chi connectivity index (χ3v) is 3.79. The van der Waals surface area contributed by atoms with Crippen LogP contribution in [0, 0.1) is 11.3 Å². The molecule has 0 saturated carbocycles. The number of thiol groups is 1. The number of rotatable bonds is 3. The van der Waals surface area contributed by atoms with Crippen molar-refractivity contribution in [2.75, 3.05) is 26.2 Å². The van der Waals surface area contributed by atoms with Gasteiger partial charge in [0.15, 0.2) is 0 Å². The molecule has 0 aliphatic carbocycles. The molecule has 1 aromatic carbocycles. The van der Waals surface area contributed by atoms with Crippen LogP contribution >= 0.6 is 12.6 Å². The van der Waals surface area contributed by atoms with E-state index in [1.807, 2.05) is 24.3 Å². The van der Waals surface area contributed by atoms with Crippen LogP contribution < -0.4 is 0 Å². The van der Waals surface area contributed by atoms with Crippen molar-refractivity contribution in [3.63, 3.8) is 0 Å². The monoisotopic (exact) mass is 261 g/mol. The lowest BCUT2D eigenvalue weighted by Crippen LogP contribution is -2.47. The molecule has 0 aromatic heterocycles. The van der Waals surface area contributed by atoms with E-state index in [1.165, 1.54) is 0 Å². The van der Waals surface area contributed by atoms with Gasteiger partial charge >= 0.3 is 0 Å². The van der Waals surface area contributed by atoms with Gasteiger partial charge in [-0.1, -0.05) is 18.2 Å². The molecule has 0 radical (unpaired) electrons. The molecule has 2 rings (SSSR count). The number of nitriles is 1. The molecule has 96 valence electrons. The van der Waals surface area contributed by atoms with E-state index in [9.17, 15) is 0 Å². The zero-order valence-corrected chi connectivity index (χ0v) is 11.6. The summed E-state index contributed by atoms with van der Waals surface area (Å²) in [5.41, 5.74) is 1.93. The van der Waals surface area contributed by atoms with E-state index in [2.05, 4.69) is 35.4 Å². The molecule has 0 spiro atoms. The highest BCUT2D eigenvalue weighted by Crippen LogP contribution is 2.14. The summed E-state index contributed by atoms with van der Waals surface area (Å²) in [6.07, 6.45) is 0. The van der Waals surface area contributed by atoms with Crippen molar-refractivity contribution in [1.82, 2.24) is 9.80 Å². The second-order valence-corrected chi connectivity index (χ2v) is 5.46. The minimum atomic E-state index is 0.332. The second-order valence-electron chi connectivity index (χ2n) is 4.71. The van der Waals surface area contributed by atoms with Crippen LogP contribution in [0.5, 0.6) is 0 Å². The van der Waals surface area contributed by atoms with Gasteiger partial charge in [0.25, 0.3) is 0 Å². The van der Waals surface area contributed by atoms with Crippen LogP contribution in [-0.4, -0.2) is 41.4 Å². The Morgan fingerprint density at radius 2 is 1.94 bits per heavy atom. The number of hydrogen-bond acceptors (Lipinski definition) is 4. The average molecular weight is 261 g/mol. The fourth-order valence-corrected chi connectivity index (χ4v) is 2.53. The molecule has 3 nitrogen and oxygen atoms in total. The normalized spacial score (nSPS) is 19.4. The first kappa shape index (κ1) is 13.4. The molecular weight excluding hydrogens is 242 g/mol. The molecule has 1 aliphatic heterocycles. The summed E-state index contributed by atoms with van der Waals surface area (Å²) in [7, 11) is 0. The summed E-state index contributed by atoms with van der Waals surface area (Å²) in [6.45, 7) is 7.19. The predicted molar refractivity (Wildman–Crippen MR) is 76.5 cm³/mol. The van der Waals surface area contributed by atoms with Gasteiger partial charge in [-0.15, -0.1) is 0 Å². The molecular formula is C14H19N3S. The molecule has 4 heteroatoms. The average Bonchev–Trinajstić information content (AvgIpc) is 2.40. The van der Waals surface area contributed by atoms with Gasteiger partial charge in [0.05, 0.1) is 11.6 Å². The first-order valence-corrected chi connectivity index (χ1v) is 6.85. The third kappa shape index (κ3) is 3.26. The minimum absolute atomic E-state index is 0.332. The molecule has 1 aliphatic rings. The van der Waals surface area contributed by atoms with Crippen molar-refractivity contribution < 1.29 is 0 Å². The van der Waals surface area contributed by atoms with Crippen molar-refractivity contribution in [2.24, 2.45) is 0 Å². The molecule has 1 fully saturated rings. The van der Waals surface area contributed by atoms with E-state index < -0.39 is 0 Å². The zero-order valence-electron chi connectivity index (χ0n) is 10.7. The fourth-order valence-electron chi connectivity index (χ4n) is 2.30. The Balaban J connectivity index is 1.94. The molecule has 1 saturated heterocycles. The number of nitrogens with zero attached hydrogens (tertiary/aromatic N) is 3. The third-order valence-electron chi connectivity index (χ3n) is 3.47. The Bertz CT molecular complexity index is 431. The zero-order chi connectivity index (χ0) is 13.0. The molecule has 0 N–H and O–H groups in total. The first-order chi connectivity index (χ1) is 8.70. The summed E-state index contributed by atoms with van der Waals surface area (Å²) in [5, 5.41) is 9.41. The van der Waals surface area contributed by atoms with Gasteiger partial charge in [-0.2, -0.15) is 17.9 Å². The Morgan fingerprint density at radius 1 is 1.28 bits per heavy atom. The topological polar surface area (TPSA) is 30.3 Å². The molecule has 1 atom stereocenters. The molecule has 1 heterocycles. The van der Waals surface area contributed by atoms with Crippen molar-refractivity contribution in [2.45, 2.75) is 18.8 Å². The van der Waals surface area contributed by atoms with Crippen LogP contribution in [0.2, 0.25) is 0 Å². The molecule has 1 aromatic rings. The number of hydrogen-bond donors (Lipinski definition) is 1. The highest BCUT2D eigenvalue weighted by molar-refractivity contribution is 7.80. The van der Waals surface area contributed by atoms with Gasteiger partial charge in [0, 0.05) is 38.1 Å². The Kier molecular flexibility index (Phi) is 4.65. The second kappa shape index (κ2) is 6.24. The van der Waals surface area contributed by atoms with Crippen molar-refractivity contribution in [1.29, 1.82) is 5.26 Å². The van der Waals surface area contributed by atoms with Crippen LogP contribution in [0.25, 0.3) is 0 Å². The summed E-state index contributed by atoms with van der Waals surface area (Å²) in [4.78, 5) is 4.78. The van der Waals surface area contributed by atoms with Gasteiger partial charge in [0.1, 0.15) is 0 Å². The van der Waals surface area contributed by atoms with E-state index in [0.717, 1.165) is 43.9 Å². The lowest BCUT2D eigenvalue weighted by atomic mass is 10.1. The van der Waals surface area contributed by atoms with Gasteiger partial charge in [-0.05, 0) is 18.6 Å². The van der Waals surface area contributed by atoms with E-state index >= 15 is 0 Å². The Labute approximate surface area is 114 Å². The highest BCUT2D eigenvalue weighted by Gasteiger charge is 2.19. The van der Waals surface area contributed by atoms with Crippen LogP contribution in [0.3, 0.4) is 0 Å². The smallest absolute Gasteiger partial charge is 0.0995 e. The number of piperazine rings is 1. The maximum Gasteiger partial charge on any atom is 0.0995 e. The quantitative estimate of drug-likeness (QED) is 0.844. The maximum absolute atomic E-state index is 9.08. The highest BCUT2D eigenvalue weighted by atomic mass is 32.1. The van der Waals surface area contributed by atoms with Crippen LogP contribution in [0.1, 0.15) is 18.1 Å². The fraction of sp³-hybridized carbons (Fsp3) is 0.500. The van der Waals surface area contributed by atoms with E-state index in [4.69, 9.17) is 5.26 Å². The summed E-state index contributed by atoms with van der Waals surface area (Å²) >= 11 is 4.47. The SMILES string of the molecule is CC(S)N1CCN(Cc2ccccc2C#N)CC1. The molecule has 1 unspecified atom stereocenters. The van der Waals surface area contributed by atoms with Gasteiger partial charge in [-0.3, -0.25) is 9.80 Å². The summed E-state index contributed by atoms with van der Waals surface area (Å²) in [6, 6.07) is 10.1. The van der Waals surface area contributed by atoms with Gasteiger partial charge in [-0.25, -0.2) is 0 Å². The van der Waals surface area contributed by atoms with Crippen LogP contribution in [0.15, 0.2) is 24.3 Å². The summed E-state index contributed by atoms with van der Waals surface area (Å²) in [5.74, 6) is 0. The lowest BCUT2D eigenvalue weighted by Gasteiger charge is -2.36. The van der Waals surface area contributed by atoms with E-state index in [-0.39, 0.29) is 0 Å². The largest absolute Gasteiger partial charge is 0.296 e. The Hall–Kier alpha value is -1.02. The lowest BCUT2D eigenvalue weighted by molar-refractivity contribution is 0.123. The Morgan fingerprint density at radius 3 is 2.56 bits per heavy atom. The van der Waals surface area contributed by atoms with E-state index in [0.29, 0.717) is 5.37 Å². The van der Waals surface area contributed by atoms with Crippen LogP contribution in [0.4, 0.5) is 0 Å². The van der Waals surface area contributed by atoms with Crippen molar-refractivity contribution in [3.8, 4) is 6.07 Å². The summed E-state index contributed by atoms with van der Waals surface area (Å²) < 4.78 is 0. The van der Waals surface area contributed by atoms with Crippen molar-refractivity contribution in [3.05, 3.63) is 35.4 Å². The van der Waals surface area contributed by atoms with Gasteiger partial charge < -0.3 is 0 Å².